The molecule has 1 amide bonds. The Labute approximate surface area is 104 Å². The molecule has 0 aliphatic rings. The SMILES string of the molecule is CCn1cc(C(=O)Nc2cc(F)ccc2C)cn1. The Balaban J connectivity index is 2.18. The molecule has 0 unspecified atom stereocenters. The van der Waals surface area contributed by atoms with Crippen molar-refractivity contribution in [3.05, 3.63) is 47.5 Å². The molecule has 2 aromatic rings. The monoisotopic (exact) mass is 247 g/mol. The van der Waals surface area contributed by atoms with Crippen LogP contribution in [0.2, 0.25) is 0 Å². The second kappa shape index (κ2) is 5.00. The van der Waals surface area contributed by atoms with Crippen LogP contribution in [-0.4, -0.2) is 15.7 Å². The number of benzene rings is 1. The van der Waals surface area contributed by atoms with Crippen molar-refractivity contribution >= 4 is 11.6 Å². The van der Waals surface area contributed by atoms with E-state index in [-0.39, 0.29) is 11.7 Å². The molecule has 1 N–H and O–H groups in total. The lowest BCUT2D eigenvalue weighted by Gasteiger charge is -2.07. The molecule has 1 aromatic heterocycles. The van der Waals surface area contributed by atoms with E-state index in [1.54, 1.807) is 16.9 Å². The topological polar surface area (TPSA) is 46.9 Å². The van der Waals surface area contributed by atoms with Crippen molar-refractivity contribution < 1.29 is 9.18 Å². The van der Waals surface area contributed by atoms with Crippen molar-refractivity contribution in [2.75, 3.05) is 5.32 Å². The minimum atomic E-state index is -0.375. The molecule has 18 heavy (non-hydrogen) atoms. The lowest BCUT2D eigenvalue weighted by atomic mass is 10.2. The van der Waals surface area contributed by atoms with Gasteiger partial charge in [0.15, 0.2) is 0 Å². The standard InChI is InChI=1S/C13H14FN3O/c1-3-17-8-10(7-15-17)13(18)16-12-6-11(14)5-4-9(12)2/h4-8H,3H2,1-2H3,(H,16,18). The van der Waals surface area contributed by atoms with E-state index < -0.39 is 0 Å². The van der Waals surface area contributed by atoms with Crippen molar-refractivity contribution in [1.29, 1.82) is 0 Å². The summed E-state index contributed by atoms with van der Waals surface area (Å²) >= 11 is 0. The van der Waals surface area contributed by atoms with Gasteiger partial charge in [0.1, 0.15) is 5.82 Å². The Hall–Kier alpha value is -2.17. The molecular weight excluding hydrogens is 233 g/mol. The summed E-state index contributed by atoms with van der Waals surface area (Å²) < 4.78 is 14.8. The van der Waals surface area contributed by atoms with E-state index in [1.807, 2.05) is 13.8 Å². The Bertz CT molecular complexity index is 577. The average Bonchev–Trinajstić information content (AvgIpc) is 2.82. The summed E-state index contributed by atoms with van der Waals surface area (Å²) in [4.78, 5) is 11.9. The average molecular weight is 247 g/mol. The van der Waals surface area contributed by atoms with Crippen LogP contribution in [0, 0.1) is 12.7 Å². The van der Waals surface area contributed by atoms with Gasteiger partial charge < -0.3 is 5.32 Å². The molecule has 0 saturated heterocycles. The Morgan fingerprint density at radius 2 is 2.28 bits per heavy atom. The van der Waals surface area contributed by atoms with Crippen LogP contribution in [0.1, 0.15) is 22.8 Å². The highest BCUT2D eigenvalue weighted by molar-refractivity contribution is 6.04. The molecule has 0 spiro atoms. The Morgan fingerprint density at radius 1 is 1.50 bits per heavy atom. The molecule has 0 radical (unpaired) electrons. The molecular formula is C13H14FN3O. The molecule has 4 nitrogen and oxygen atoms in total. The number of aromatic nitrogens is 2. The van der Waals surface area contributed by atoms with Crippen LogP contribution in [0.25, 0.3) is 0 Å². The zero-order valence-electron chi connectivity index (χ0n) is 10.3. The molecule has 0 aliphatic carbocycles. The molecule has 0 bridgehead atoms. The number of amides is 1. The van der Waals surface area contributed by atoms with Crippen LogP contribution >= 0.6 is 0 Å². The number of halogens is 1. The smallest absolute Gasteiger partial charge is 0.258 e. The molecule has 0 atom stereocenters. The zero-order valence-corrected chi connectivity index (χ0v) is 10.3. The number of nitrogens with zero attached hydrogens (tertiary/aromatic N) is 2. The van der Waals surface area contributed by atoms with E-state index in [0.717, 1.165) is 5.56 Å². The van der Waals surface area contributed by atoms with Gasteiger partial charge in [-0.05, 0) is 31.5 Å². The molecule has 1 heterocycles. The predicted molar refractivity (Wildman–Crippen MR) is 67.0 cm³/mol. The van der Waals surface area contributed by atoms with Gasteiger partial charge in [0.25, 0.3) is 5.91 Å². The van der Waals surface area contributed by atoms with Crippen molar-refractivity contribution in [2.24, 2.45) is 0 Å². The maximum Gasteiger partial charge on any atom is 0.258 e. The Morgan fingerprint density at radius 3 is 2.94 bits per heavy atom. The normalized spacial score (nSPS) is 10.4. The lowest BCUT2D eigenvalue weighted by molar-refractivity contribution is 0.102. The van der Waals surface area contributed by atoms with Crippen molar-refractivity contribution in [2.45, 2.75) is 20.4 Å². The first kappa shape index (κ1) is 12.3. The first-order chi connectivity index (χ1) is 8.60. The molecule has 2 rings (SSSR count). The van der Waals surface area contributed by atoms with E-state index in [4.69, 9.17) is 0 Å². The number of nitrogens with one attached hydrogen (secondary N) is 1. The minimum absolute atomic E-state index is 0.289. The van der Waals surface area contributed by atoms with Crippen LogP contribution in [0.4, 0.5) is 10.1 Å². The largest absolute Gasteiger partial charge is 0.322 e. The van der Waals surface area contributed by atoms with Gasteiger partial charge in [-0.25, -0.2) is 4.39 Å². The first-order valence-corrected chi connectivity index (χ1v) is 5.70. The third-order valence-corrected chi connectivity index (χ3v) is 2.67. The number of anilines is 1. The summed E-state index contributed by atoms with van der Waals surface area (Å²) in [6.07, 6.45) is 3.15. The Kier molecular flexibility index (Phi) is 3.41. The molecule has 5 heteroatoms. The highest BCUT2D eigenvalue weighted by Crippen LogP contribution is 2.16. The highest BCUT2D eigenvalue weighted by atomic mass is 19.1. The second-order valence-electron chi connectivity index (χ2n) is 4.00. The summed E-state index contributed by atoms with van der Waals surface area (Å²) in [5, 5.41) is 6.69. The number of carbonyl (C=O) groups is 1. The maximum absolute atomic E-state index is 13.1. The summed E-state index contributed by atoms with van der Waals surface area (Å²) in [7, 11) is 0. The molecule has 0 fully saturated rings. The van der Waals surface area contributed by atoms with Crippen LogP contribution in [0.3, 0.4) is 0 Å². The fourth-order valence-electron chi connectivity index (χ4n) is 1.58. The number of carbonyl (C=O) groups excluding carboxylic acids is 1. The summed E-state index contributed by atoms with van der Waals surface area (Å²) in [5.74, 6) is -0.663. The van der Waals surface area contributed by atoms with Gasteiger partial charge >= 0.3 is 0 Å². The van der Waals surface area contributed by atoms with E-state index in [1.165, 1.54) is 18.3 Å². The van der Waals surface area contributed by atoms with Crippen LogP contribution < -0.4 is 5.32 Å². The second-order valence-corrected chi connectivity index (χ2v) is 4.00. The summed E-state index contributed by atoms with van der Waals surface area (Å²) in [5.41, 5.74) is 1.75. The van der Waals surface area contributed by atoms with Gasteiger partial charge in [-0.2, -0.15) is 5.10 Å². The van der Waals surface area contributed by atoms with Gasteiger partial charge in [0.2, 0.25) is 0 Å². The maximum atomic E-state index is 13.1. The van der Waals surface area contributed by atoms with Crippen LogP contribution in [-0.2, 0) is 6.54 Å². The van der Waals surface area contributed by atoms with E-state index in [9.17, 15) is 9.18 Å². The van der Waals surface area contributed by atoms with Crippen molar-refractivity contribution in [3.63, 3.8) is 0 Å². The molecule has 0 saturated carbocycles. The van der Waals surface area contributed by atoms with Gasteiger partial charge in [-0.15, -0.1) is 0 Å². The number of hydrogen-bond acceptors (Lipinski definition) is 2. The van der Waals surface area contributed by atoms with Gasteiger partial charge in [0, 0.05) is 18.4 Å². The molecule has 94 valence electrons. The summed E-state index contributed by atoms with van der Waals surface area (Å²) in [6, 6.07) is 4.29. The van der Waals surface area contributed by atoms with Crippen molar-refractivity contribution in [1.82, 2.24) is 9.78 Å². The molecule has 0 aliphatic heterocycles. The van der Waals surface area contributed by atoms with E-state index in [0.29, 0.717) is 17.8 Å². The zero-order chi connectivity index (χ0) is 13.1. The van der Waals surface area contributed by atoms with E-state index >= 15 is 0 Å². The number of hydrogen-bond donors (Lipinski definition) is 1. The highest BCUT2D eigenvalue weighted by Gasteiger charge is 2.10. The third-order valence-electron chi connectivity index (χ3n) is 2.67. The van der Waals surface area contributed by atoms with E-state index in [2.05, 4.69) is 10.4 Å². The first-order valence-electron chi connectivity index (χ1n) is 5.70. The number of aryl methyl sites for hydroxylation is 2. The minimum Gasteiger partial charge on any atom is -0.322 e. The van der Waals surface area contributed by atoms with Crippen molar-refractivity contribution in [3.8, 4) is 0 Å². The molecule has 1 aromatic carbocycles. The van der Waals surface area contributed by atoms with Gasteiger partial charge in [-0.1, -0.05) is 6.07 Å². The fraction of sp³-hybridized carbons (Fsp3) is 0.231. The van der Waals surface area contributed by atoms with Crippen LogP contribution in [0.5, 0.6) is 0 Å². The predicted octanol–water partition coefficient (Wildman–Crippen LogP) is 2.60. The van der Waals surface area contributed by atoms with Gasteiger partial charge in [-0.3, -0.25) is 9.48 Å². The van der Waals surface area contributed by atoms with Crippen LogP contribution in [0.15, 0.2) is 30.6 Å². The number of rotatable bonds is 3. The quantitative estimate of drug-likeness (QED) is 0.906. The third kappa shape index (κ3) is 2.56. The lowest BCUT2D eigenvalue weighted by Crippen LogP contribution is -2.12. The fourth-order valence-corrected chi connectivity index (χ4v) is 1.58. The summed E-state index contributed by atoms with van der Waals surface area (Å²) in [6.45, 7) is 4.45. The van der Waals surface area contributed by atoms with Gasteiger partial charge in [0.05, 0.1) is 11.8 Å².